The number of hydrogen-bond donors (Lipinski definition) is 0. The van der Waals surface area contributed by atoms with E-state index in [0.29, 0.717) is 0 Å². The molecule has 0 spiro atoms. The third-order valence-corrected chi connectivity index (χ3v) is 4.02. The fraction of sp³-hybridized carbons (Fsp3) is 0.556. The highest BCUT2D eigenvalue weighted by molar-refractivity contribution is 5.43. The summed E-state index contributed by atoms with van der Waals surface area (Å²) in [5.41, 5.74) is 7.41. The summed E-state index contributed by atoms with van der Waals surface area (Å²) in [6, 6.07) is 2.31. The van der Waals surface area contributed by atoms with Crippen molar-refractivity contribution in [3.63, 3.8) is 0 Å². The third-order valence-electron chi connectivity index (χ3n) is 4.02. The maximum Gasteiger partial charge on any atom is 0.00860 e. The molecule has 0 radical (unpaired) electrons. The quantitative estimate of drug-likeness (QED) is 0.484. The van der Waals surface area contributed by atoms with Crippen molar-refractivity contribution in [1.29, 1.82) is 0 Å². The topological polar surface area (TPSA) is 0 Å². The smallest absolute Gasteiger partial charge is 0.00860 e. The minimum atomic E-state index is 0.932. The Bertz CT molecular complexity index is 406. The lowest BCUT2D eigenvalue weighted by Gasteiger charge is -2.15. The first-order valence-electron chi connectivity index (χ1n) is 7.07. The Hall–Kier alpha value is -1.22. The van der Waals surface area contributed by atoms with Crippen molar-refractivity contribution >= 4 is 0 Å². The molecule has 0 saturated carbocycles. The van der Waals surface area contributed by atoms with Crippen LogP contribution in [0.4, 0.5) is 0 Å². The first-order chi connectivity index (χ1) is 8.57. The van der Waals surface area contributed by atoms with Crippen LogP contribution in [-0.2, 0) is 6.42 Å². The predicted octanol–water partition coefficient (Wildman–Crippen LogP) is 5.05. The first-order valence-corrected chi connectivity index (χ1v) is 7.07. The van der Waals surface area contributed by atoms with Gasteiger partial charge in [0.25, 0.3) is 0 Å². The maximum absolute atomic E-state index is 5.26. The molecule has 0 bridgehead atoms. The van der Waals surface area contributed by atoms with E-state index in [1.165, 1.54) is 54.4 Å². The summed E-state index contributed by atoms with van der Waals surface area (Å²) in [4.78, 5) is 0. The lowest BCUT2D eigenvalue weighted by Crippen LogP contribution is -1.99. The third kappa shape index (κ3) is 3.91. The predicted molar refractivity (Wildman–Crippen MR) is 81.0 cm³/mol. The number of rotatable bonds is 6. The summed E-state index contributed by atoms with van der Waals surface area (Å²) in [5.74, 6) is 2.71. The van der Waals surface area contributed by atoms with Crippen LogP contribution in [-0.4, -0.2) is 0 Å². The van der Waals surface area contributed by atoms with Gasteiger partial charge in [0.2, 0.25) is 0 Å². The average molecular weight is 242 g/mol. The van der Waals surface area contributed by atoms with Gasteiger partial charge in [-0.25, -0.2) is 0 Å². The van der Waals surface area contributed by atoms with Crippen molar-refractivity contribution in [3.8, 4) is 12.3 Å². The van der Waals surface area contributed by atoms with Crippen LogP contribution in [0, 0.1) is 40.0 Å². The van der Waals surface area contributed by atoms with E-state index in [1.54, 1.807) is 5.56 Å². The molecule has 0 atom stereocenters. The van der Waals surface area contributed by atoms with Crippen LogP contribution < -0.4 is 0 Å². The molecule has 0 unspecified atom stereocenters. The Morgan fingerprint density at radius 3 is 2.00 bits per heavy atom. The minimum Gasteiger partial charge on any atom is -0.120 e. The van der Waals surface area contributed by atoms with E-state index in [2.05, 4.69) is 39.7 Å². The molecule has 0 heteroatoms. The van der Waals surface area contributed by atoms with Gasteiger partial charge in [0.1, 0.15) is 0 Å². The summed E-state index contributed by atoms with van der Waals surface area (Å²) in [6.07, 6.45) is 12.4. The number of unbranched alkanes of at least 4 members (excludes halogenated alkanes) is 4. The molecule has 0 N–H and O–H groups in total. The zero-order valence-corrected chi connectivity index (χ0v) is 12.4. The van der Waals surface area contributed by atoms with Crippen molar-refractivity contribution < 1.29 is 0 Å². The molecule has 0 aliphatic rings. The van der Waals surface area contributed by atoms with Crippen molar-refractivity contribution in [3.05, 3.63) is 33.9 Å². The molecule has 0 aliphatic heterocycles. The normalized spacial score (nSPS) is 10.4. The molecular weight excluding hydrogens is 216 g/mol. The molecule has 18 heavy (non-hydrogen) atoms. The number of benzene rings is 1. The van der Waals surface area contributed by atoms with E-state index in [-0.39, 0.29) is 0 Å². The highest BCUT2D eigenvalue weighted by Crippen LogP contribution is 2.23. The summed E-state index contributed by atoms with van der Waals surface area (Å²) in [5, 5.41) is 0. The number of hydrogen-bond acceptors (Lipinski definition) is 0. The summed E-state index contributed by atoms with van der Waals surface area (Å²) in [7, 11) is 0. The molecule has 0 nitrogen and oxygen atoms in total. The molecule has 0 saturated heterocycles. The standard InChI is InChI=1S/C18H26/c1-6-7-8-9-10-11-12-18-16(4)14(2)13-15(3)17(18)5/h1,13H,7-12H2,2-5H3. The number of terminal acetylenes is 1. The zero-order chi connectivity index (χ0) is 13.5. The minimum absolute atomic E-state index is 0.932. The summed E-state index contributed by atoms with van der Waals surface area (Å²) < 4.78 is 0. The largest absolute Gasteiger partial charge is 0.120 e. The van der Waals surface area contributed by atoms with E-state index < -0.39 is 0 Å². The Labute approximate surface area is 113 Å². The monoisotopic (exact) mass is 242 g/mol. The highest BCUT2D eigenvalue weighted by atomic mass is 14.1. The SMILES string of the molecule is C#CCCCCCCc1c(C)c(C)cc(C)c1C. The van der Waals surface area contributed by atoms with Gasteiger partial charge in [0, 0.05) is 6.42 Å². The lowest BCUT2D eigenvalue weighted by molar-refractivity contribution is 0.648. The fourth-order valence-electron chi connectivity index (χ4n) is 2.56. The average Bonchev–Trinajstić information content (AvgIpc) is 2.35. The van der Waals surface area contributed by atoms with Gasteiger partial charge in [-0.2, -0.15) is 0 Å². The van der Waals surface area contributed by atoms with Crippen LogP contribution in [0.2, 0.25) is 0 Å². The first kappa shape index (κ1) is 14.8. The Morgan fingerprint density at radius 2 is 1.44 bits per heavy atom. The maximum atomic E-state index is 5.26. The van der Waals surface area contributed by atoms with Crippen molar-refractivity contribution in [2.75, 3.05) is 0 Å². The Kier molecular flexibility index (Phi) is 5.99. The van der Waals surface area contributed by atoms with E-state index in [4.69, 9.17) is 6.42 Å². The van der Waals surface area contributed by atoms with Gasteiger partial charge in [-0.05, 0) is 74.8 Å². The molecule has 0 aliphatic carbocycles. The van der Waals surface area contributed by atoms with Crippen LogP contribution in [0.1, 0.15) is 59.9 Å². The molecule has 98 valence electrons. The van der Waals surface area contributed by atoms with E-state index in [9.17, 15) is 0 Å². The van der Waals surface area contributed by atoms with Crippen molar-refractivity contribution in [2.24, 2.45) is 0 Å². The van der Waals surface area contributed by atoms with Gasteiger partial charge in [-0.15, -0.1) is 12.3 Å². The molecule has 0 fully saturated rings. The molecule has 1 aromatic rings. The van der Waals surface area contributed by atoms with Crippen LogP contribution >= 0.6 is 0 Å². The lowest BCUT2D eigenvalue weighted by atomic mass is 9.91. The highest BCUT2D eigenvalue weighted by Gasteiger charge is 2.07. The van der Waals surface area contributed by atoms with E-state index in [0.717, 1.165) is 6.42 Å². The van der Waals surface area contributed by atoms with E-state index in [1.807, 2.05) is 0 Å². The number of aryl methyl sites for hydroxylation is 2. The molecular formula is C18H26. The van der Waals surface area contributed by atoms with Gasteiger partial charge in [0.15, 0.2) is 0 Å². The Morgan fingerprint density at radius 1 is 0.889 bits per heavy atom. The Balaban J connectivity index is 2.55. The van der Waals surface area contributed by atoms with Crippen LogP contribution in [0.15, 0.2) is 6.07 Å². The fourth-order valence-corrected chi connectivity index (χ4v) is 2.56. The second-order valence-corrected chi connectivity index (χ2v) is 5.36. The van der Waals surface area contributed by atoms with Gasteiger partial charge in [-0.1, -0.05) is 18.9 Å². The molecule has 0 aromatic heterocycles. The summed E-state index contributed by atoms with van der Waals surface area (Å²) in [6.45, 7) is 8.96. The second-order valence-electron chi connectivity index (χ2n) is 5.36. The van der Waals surface area contributed by atoms with Crippen molar-refractivity contribution in [1.82, 2.24) is 0 Å². The molecule has 1 rings (SSSR count). The summed E-state index contributed by atoms with van der Waals surface area (Å²) >= 11 is 0. The molecule has 0 heterocycles. The van der Waals surface area contributed by atoms with Gasteiger partial charge in [0.05, 0.1) is 0 Å². The van der Waals surface area contributed by atoms with Crippen molar-refractivity contribution in [2.45, 2.75) is 66.2 Å². The van der Waals surface area contributed by atoms with Gasteiger partial charge >= 0.3 is 0 Å². The van der Waals surface area contributed by atoms with Crippen LogP contribution in [0.5, 0.6) is 0 Å². The van der Waals surface area contributed by atoms with Crippen LogP contribution in [0.25, 0.3) is 0 Å². The zero-order valence-electron chi connectivity index (χ0n) is 12.4. The van der Waals surface area contributed by atoms with Gasteiger partial charge in [-0.3, -0.25) is 0 Å². The molecule has 0 amide bonds. The van der Waals surface area contributed by atoms with E-state index >= 15 is 0 Å². The molecule has 1 aromatic carbocycles. The van der Waals surface area contributed by atoms with Crippen LogP contribution in [0.3, 0.4) is 0 Å². The second kappa shape index (κ2) is 7.27. The van der Waals surface area contributed by atoms with Gasteiger partial charge < -0.3 is 0 Å².